The quantitative estimate of drug-likeness (QED) is 0.605. The van der Waals surface area contributed by atoms with Crippen LogP contribution in [-0.4, -0.2) is 25.2 Å². The van der Waals surface area contributed by atoms with Gasteiger partial charge in [-0.2, -0.15) is 0 Å². The summed E-state index contributed by atoms with van der Waals surface area (Å²) in [7, 11) is 0. The van der Waals surface area contributed by atoms with Gasteiger partial charge in [0.05, 0.1) is 17.1 Å². The van der Waals surface area contributed by atoms with Crippen LogP contribution in [0.25, 0.3) is 16.9 Å². The van der Waals surface area contributed by atoms with Crippen molar-refractivity contribution in [1.82, 2.24) is 15.0 Å². The van der Waals surface area contributed by atoms with E-state index >= 15 is 0 Å². The number of aromatic hydroxyl groups is 2. The summed E-state index contributed by atoms with van der Waals surface area (Å²) in [4.78, 5) is 0. The second kappa shape index (κ2) is 10.6. The molecule has 10 radical (unpaired) electrons. The molecule has 2 aliphatic rings. The van der Waals surface area contributed by atoms with Gasteiger partial charge in [0.1, 0.15) is 11.5 Å². The molecule has 6 heteroatoms. The third-order valence-corrected chi connectivity index (χ3v) is 4.40. The number of phenolic OH excluding ortho intramolecular Hbond substituents is 2. The molecule has 3 aromatic rings. The smallest absolute Gasteiger partial charge is 0.508 e. The molecule has 0 unspecified atom stereocenters. The van der Waals surface area contributed by atoms with E-state index < -0.39 is 0 Å². The van der Waals surface area contributed by atoms with Crippen molar-refractivity contribution >= 4 is 0 Å². The Bertz CT molecular complexity index is 905. The Morgan fingerprint density at radius 3 is 1.67 bits per heavy atom. The Hall–Kier alpha value is -2.30. The monoisotopic (exact) mass is 437 g/mol. The van der Waals surface area contributed by atoms with Gasteiger partial charge in [-0.3, -0.25) is 0 Å². The van der Waals surface area contributed by atoms with Crippen molar-refractivity contribution in [1.29, 1.82) is 0 Å². The average Bonchev–Trinajstić information content (AvgIpc) is 3.51. The molecule has 148 valence electrons. The first-order valence-corrected chi connectivity index (χ1v) is 9.15. The van der Waals surface area contributed by atoms with Gasteiger partial charge >= 0.3 is 17.1 Å². The molecule has 0 saturated heterocycles. The molecule has 30 heavy (non-hydrogen) atoms. The van der Waals surface area contributed by atoms with Gasteiger partial charge < -0.3 is 10.2 Å². The molecule has 1 heterocycles. The first kappa shape index (κ1) is 22.4. The predicted molar refractivity (Wildman–Crippen MR) is 111 cm³/mol. The van der Waals surface area contributed by atoms with Crippen LogP contribution in [0, 0.1) is 63.7 Å². The molecular weight excluding hydrogens is 418 g/mol. The maximum Gasteiger partial charge on any atom is 2.00 e. The fraction of sp³-hybridized carbons (Fsp3) is 0. The summed E-state index contributed by atoms with van der Waals surface area (Å²) >= 11 is 0. The van der Waals surface area contributed by atoms with Gasteiger partial charge in [-0.05, 0) is 106 Å². The van der Waals surface area contributed by atoms with Crippen molar-refractivity contribution in [2.45, 2.75) is 0 Å². The molecular formula is C24H19FeN3O2+2. The first-order chi connectivity index (χ1) is 14.2. The molecule has 2 aliphatic carbocycles. The minimum Gasteiger partial charge on any atom is -0.508 e. The first-order valence-electron chi connectivity index (χ1n) is 9.15. The van der Waals surface area contributed by atoms with Crippen molar-refractivity contribution in [3.63, 3.8) is 0 Å². The van der Waals surface area contributed by atoms with E-state index in [0.717, 1.165) is 28.6 Å². The Morgan fingerprint density at radius 2 is 1.13 bits per heavy atom. The molecule has 0 atom stereocenters. The number of nitrogens with zero attached hydrogens (tertiary/aromatic N) is 3. The Morgan fingerprint density at radius 1 is 0.633 bits per heavy atom. The van der Waals surface area contributed by atoms with Gasteiger partial charge in [-0.1, -0.05) is 5.21 Å². The van der Waals surface area contributed by atoms with Gasteiger partial charge in [0, 0.05) is 11.5 Å². The van der Waals surface area contributed by atoms with E-state index in [4.69, 9.17) is 0 Å². The SMILES string of the molecule is Oc1ccc(-c2c([C]3[CH][CH][CH][CH]3)nnn2-c2ccc(O)cc2)cc1.[CH]1[CH][CH][CH][CH]1.[Fe+2]. The zero-order valence-corrected chi connectivity index (χ0v) is 17.0. The van der Waals surface area contributed by atoms with Crippen LogP contribution in [0.2, 0.25) is 0 Å². The van der Waals surface area contributed by atoms with Crippen LogP contribution in [0.15, 0.2) is 48.5 Å². The van der Waals surface area contributed by atoms with E-state index in [1.54, 1.807) is 41.1 Å². The number of aromatic nitrogens is 3. The largest absolute Gasteiger partial charge is 2.00 e. The fourth-order valence-corrected chi connectivity index (χ4v) is 2.98. The van der Waals surface area contributed by atoms with Gasteiger partial charge in [0.2, 0.25) is 0 Å². The Kier molecular flexibility index (Phi) is 7.94. The van der Waals surface area contributed by atoms with Gasteiger partial charge in [0.15, 0.2) is 0 Å². The summed E-state index contributed by atoms with van der Waals surface area (Å²) in [6.45, 7) is 0. The van der Waals surface area contributed by atoms with Crippen molar-refractivity contribution in [2.24, 2.45) is 0 Å². The third-order valence-electron chi connectivity index (χ3n) is 4.40. The summed E-state index contributed by atoms with van der Waals surface area (Å²) < 4.78 is 1.73. The zero-order valence-electron chi connectivity index (χ0n) is 15.9. The van der Waals surface area contributed by atoms with Gasteiger partial charge in [0.25, 0.3) is 0 Å². The molecule has 0 aliphatic heterocycles. The molecule has 2 saturated carbocycles. The van der Waals surface area contributed by atoms with E-state index in [9.17, 15) is 10.2 Å². The Balaban J connectivity index is 0.000000376. The normalized spacial score (nSPS) is 16.0. The second-order valence-electron chi connectivity index (χ2n) is 6.40. The number of benzene rings is 2. The van der Waals surface area contributed by atoms with Crippen LogP contribution < -0.4 is 0 Å². The summed E-state index contributed by atoms with van der Waals surface area (Å²) in [5, 5.41) is 27.7. The van der Waals surface area contributed by atoms with E-state index in [2.05, 4.69) is 10.3 Å². The van der Waals surface area contributed by atoms with Crippen LogP contribution in [0.4, 0.5) is 0 Å². The van der Waals surface area contributed by atoms with Crippen LogP contribution in [0.1, 0.15) is 5.69 Å². The number of hydrogen-bond acceptors (Lipinski definition) is 4. The van der Waals surface area contributed by atoms with E-state index in [1.807, 2.05) is 69.9 Å². The number of rotatable bonds is 3. The molecule has 0 amide bonds. The van der Waals surface area contributed by atoms with Gasteiger partial charge in [-0.25, -0.2) is 4.68 Å². The fourth-order valence-electron chi connectivity index (χ4n) is 2.98. The molecule has 0 bridgehead atoms. The summed E-state index contributed by atoms with van der Waals surface area (Å²) in [5.74, 6) is 1.38. The maximum atomic E-state index is 9.56. The second-order valence-corrected chi connectivity index (χ2v) is 6.40. The standard InChI is InChI=1S/C19H14N3O2.C5H5.Fe/c23-16-9-5-14(6-10-16)19-18(13-3-1-2-4-13)20-21-22(19)15-7-11-17(24)12-8-15;1-2-4-5-3-1;/h1-12,23-24H;1-5H;/q;;+2. The van der Waals surface area contributed by atoms with Crippen LogP contribution in [0.3, 0.4) is 0 Å². The van der Waals surface area contributed by atoms with Crippen molar-refractivity contribution in [3.05, 3.63) is 118 Å². The molecule has 0 spiro atoms. The predicted octanol–water partition coefficient (Wildman–Crippen LogP) is 4.12. The summed E-state index contributed by atoms with van der Waals surface area (Å²) in [5.41, 5.74) is 3.27. The van der Waals surface area contributed by atoms with Crippen molar-refractivity contribution in [2.75, 3.05) is 0 Å². The molecule has 2 fully saturated rings. The molecule has 5 nitrogen and oxygen atoms in total. The van der Waals surface area contributed by atoms with Crippen molar-refractivity contribution < 1.29 is 27.3 Å². The van der Waals surface area contributed by atoms with Gasteiger partial charge in [-0.15, -0.1) is 5.10 Å². The zero-order chi connectivity index (χ0) is 20.1. The maximum absolute atomic E-state index is 9.56. The summed E-state index contributed by atoms with van der Waals surface area (Å²) in [6, 6.07) is 13.7. The minimum absolute atomic E-state index is 0. The molecule has 2 aromatic carbocycles. The molecule has 2 N–H and O–H groups in total. The van der Waals surface area contributed by atoms with Crippen LogP contribution in [0.5, 0.6) is 11.5 Å². The van der Waals surface area contributed by atoms with Crippen molar-refractivity contribution in [3.8, 4) is 28.4 Å². The molecule has 5 rings (SSSR count). The van der Waals surface area contributed by atoms with E-state index in [1.165, 1.54) is 0 Å². The number of hydrogen-bond donors (Lipinski definition) is 2. The van der Waals surface area contributed by atoms with Crippen LogP contribution >= 0.6 is 0 Å². The number of phenols is 2. The van der Waals surface area contributed by atoms with E-state index in [-0.39, 0.29) is 28.6 Å². The third kappa shape index (κ3) is 5.24. The minimum atomic E-state index is 0. The van der Waals surface area contributed by atoms with E-state index in [0.29, 0.717) is 0 Å². The average molecular weight is 437 g/mol. The molecule has 1 aromatic heterocycles. The summed E-state index contributed by atoms with van der Waals surface area (Å²) in [6.07, 6.45) is 17.9. The topological polar surface area (TPSA) is 71.2 Å². The van der Waals surface area contributed by atoms with Crippen LogP contribution in [-0.2, 0) is 17.1 Å². The Labute approximate surface area is 188 Å².